The van der Waals surface area contributed by atoms with E-state index in [1.807, 2.05) is 13.1 Å². The van der Waals surface area contributed by atoms with Gasteiger partial charge in [0.05, 0.1) is 0 Å². The van der Waals surface area contributed by atoms with Gasteiger partial charge in [0.25, 0.3) is 0 Å². The van der Waals surface area contributed by atoms with Crippen LogP contribution in [0.2, 0.25) is 0 Å². The summed E-state index contributed by atoms with van der Waals surface area (Å²) in [6.45, 7) is 0.480. The SMILES string of the molecule is CN(Cc1cccc(F)c1)C(=O)C1CC2C=CC1C2. The zero-order valence-electron chi connectivity index (χ0n) is 11.1. The molecule has 0 saturated heterocycles. The number of benzene rings is 1. The number of amides is 1. The van der Waals surface area contributed by atoms with E-state index < -0.39 is 0 Å². The molecular formula is C16H18FNO. The maximum absolute atomic E-state index is 13.1. The first-order chi connectivity index (χ1) is 9.13. The van der Waals surface area contributed by atoms with Gasteiger partial charge in [0, 0.05) is 19.5 Å². The van der Waals surface area contributed by atoms with Crippen molar-refractivity contribution in [3.05, 3.63) is 47.8 Å². The Labute approximate surface area is 112 Å². The molecule has 0 spiro atoms. The second-order valence-electron chi connectivity index (χ2n) is 5.71. The van der Waals surface area contributed by atoms with Crippen LogP contribution in [0.1, 0.15) is 18.4 Å². The Morgan fingerprint density at radius 1 is 1.37 bits per heavy atom. The molecule has 2 aliphatic carbocycles. The fraction of sp³-hybridized carbons (Fsp3) is 0.438. The maximum Gasteiger partial charge on any atom is 0.226 e. The van der Waals surface area contributed by atoms with Crippen molar-refractivity contribution in [1.82, 2.24) is 4.90 Å². The monoisotopic (exact) mass is 259 g/mol. The van der Waals surface area contributed by atoms with Crippen LogP contribution >= 0.6 is 0 Å². The van der Waals surface area contributed by atoms with Gasteiger partial charge in [-0.05, 0) is 42.4 Å². The van der Waals surface area contributed by atoms with Gasteiger partial charge in [-0.25, -0.2) is 4.39 Å². The Morgan fingerprint density at radius 3 is 2.84 bits per heavy atom. The lowest BCUT2D eigenvalue weighted by Crippen LogP contribution is -2.34. The number of carbonyl (C=O) groups is 1. The van der Waals surface area contributed by atoms with Crippen LogP contribution in [0.25, 0.3) is 0 Å². The summed E-state index contributed by atoms with van der Waals surface area (Å²) in [5, 5.41) is 0. The smallest absolute Gasteiger partial charge is 0.226 e. The lowest BCUT2D eigenvalue weighted by Gasteiger charge is -2.24. The Morgan fingerprint density at radius 2 is 2.21 bits per heavy atom. The fourth-order valence-corrected chi connectivity index (χ4v) is 3.33. The zero-order valence-corrected chi connectivity index (χ0v) is 11.1. The van der Waals surface area contributed by atoms with Crippen LogP contribution < -0.4 is 0 Å². The third-order valence-corrected chi connectivity index (χ3v) is 4.28. The molecule has 3 unspecified atom stereocenters. The minimum absolute atomic E-state index is 0.133. The standard InChI is InChI=1S/C16H18FNO/c1-18(10-12-3-2-4-14(17)8-12)16(19)15-9-11-5-6-13(15)7-11/h2-6,8,11,13,15H,7,9-10H2,1H3. The van der Waals surface area contributed by atoms with Crippen molar-refractivity contribution in [3.63, 3.8) is 0 Å². The van der Waals surface area contributed by atoms with Gasteiger partial charge in [0.1, 0.15) is 5.82 Å². The molecule has 3 heteroatoms. The van der Waals surface area contributed by atoms with Crippen molar-refractivity contribution < 1.29 is 9.18 Å². The van der Waals surface area contributed by atoms with E-state index in [1.54, 1.807) is 11.0 Å². The second-order valence-corrected chi connectivity index (χ2v) is 5.71. The highest BCUT2D eigenvalue weighted by molar-refractivity contribution is 5.79. The van der Waals surface area contributed by atoms with E-state index in [9.17, 15) is 9.18 Å². The second kappa shape index (κ2) is 4.80. The van der Waals surface area contributed by atoms with Gasteiger partial charge >= 0.3 is 0 Å². The van der Waals surface area contributed by atoms with Gasteiger partial charge in [0.15, 0.2) is 0 Å². The summed E-state index contributed by atoms with van der Waals surface area (Å²) in [5.74, 6) is 1.10. The Kier molecular flexibility index (Phi) is 3.13. The highest BCUT2D eigenvalue weighted by Gasteiger charge is 2.40. The number of hydrogen-bond acceptors (Lipinski definition) is 1. The van der Waals surface area contributed by atoms with Crippen molar-refractivity contribution in [2.45, 2.75) is 19.4 Å². The Bertz CT molecular complexity index is 525. The summed E-state index contributed by atoms with van der Waals surface area (Å²) < 4.78 is 13.1. The largest absolute Gasteiger partial charge is 0.341 e. The van der Waals surface area contributed by atoms with Crippen LogP contribution in [0.3, 0.4) is 0 Å². The molecule has 19 heavy (non-hydrogen) atoms. The van der Waals surface area contributed by atoms with Gasteiger partial charge < -0.3 is 4.90 Å². The number of carbonyl (C=O) groups excluding carboxylic acids is 1. The molecule has 1 aromatic carbocycles. The van der Waals surface area contributed by atoms with Gasteiger partial charge in [-0.3, -0.25) is 4.79 Å². The lowest BCUT2D eigenvalue weighted by atomic mass is 9.92. The first-order valence-corrected chi connectivity index (χ1v) is 6.81. The third kappa shape index (κ3) is 2.42. The van der Waals surface area contributed by atoms with E-state index >= 15 is 0 Å². The van der Waals surface area contributed by atoms with Gasteiger partial charge in [-0.15, -0.1) is 0 Å². The topological polar surface area (TPSA) is 20.3 Å². The molecule has 1 amide bonds. The summed E-state index contributed by atoms with van der Waals surface area (Å²) in [5.41, 5.74) is 0.842. The molecule has 3 atom stereocenters. The zero-order chi connectivity index (χ0) is 13.4. The molecule has 1 fully saturated rings. The molecule has 0 N–H and O–H groups in total. The molecule has 100 valence electrons. The molecular weight excluding hydrogens is 241 g/mol. The quantitative estimate of drug-likeness (QED) is 0.764. The van der Waals surface area contributed by atoms with E-state index in [2.05, 4.69) is 12.2 Å². The van der Waals surface area contributed by atoms with Crippen LogP contribution in [-0.4, -0.2) is 17.9 Å². The predicted molar refractivity (Wildman–Crippen MR) is 71.7 cm³/mol. The first-order valence-electron chi connectivity index (χ1n) is 6.81. The average Bonchev–Trinajstić information content (AvgIpc) is 3.00. The van der Waals surface area contributed by atoms with Crippen LogP contribution in [0.4, 0.5) is 4.39 Å². The summed E-state index contributed by atoms with van der Waals surface area (Å²) in [6.07, 6.45) is 6.53. The van der Waals surface area contributed by atoms with E-state index in [4.69, 9.17) is 0 Å². The van der Waals surface area contributed by atoms with Gasteiger partial charge in [-0.1, -0.05) is 24.3 Å². The Hall–Kier alpha value is -1.64. The highest BCUT2D eigenvalue weighted by Crippen LogP contribution is 2.44. The van der Waals surface area contributed by atoms with E-state index in [0.717, 1.165) is 18.4 Å². The molecule has 0 aliphatic heterocycles. The molecule has 3 rings (SSSR count). The fourth-order valence-electron chi connectivity index (χ4n) is 3.33. The Balaban J connectivity index is 1.66. The van der Waals surface area contributed by atoms with Gasteiger partial charge in [0.2, 0.25) is 5.91 Å². The summed E-state index contributed by atoms with van der Waals surface area (Å²) >= 11 is 0. The molecule has 2 aliphatic rings. The number of rotatable bonds is 3. The van der Waals surface area contributed by atoms with E-state index in [-0.39, 0.29) is 17.6 Å². The number of hydrogen-bond donors (Lipinski definition) is 0. The minimum Gasteiger partial charge on any atom is -0.341 e. The average molecular weight is 259 g/mol. The van der Waals surface area contributed by atoms with Crippen LogP contribution in [0.5, 0.6) is 0 Å². The molecule has 2 bridgehead atoms. The van der Waals surface area contributed by atoms with Crippen molar-refractivity contribution in [2.75, 3.05) is 7.05 Å². The van der Waals surface area contributed by atoms with Crippen molar-refractivity contribution in [2.24, 2.45) is 17.8 Å². The summed E-state index contributed by atoms with van der Waals surface area (Å²) in [7, 11) is 1.81. The van der Waals surface area contributed by atoms with Crippen LogP contribution in [0, 0.1) is 23.6 Å². The number of nitrogens with zero attached hydrogens (tertiary/aromatic N) is 1. The lowest BCUT2D eigenvalue weighted by molar-refractivity contribution is -0.135. The molecule has 2 nitrogen and oxygen atoms in total. The molecule has 0 heterocycles. The van der Waals surface area contributed by atoms with Gasteiger partial charge in [-0.2, -0.15) is 0 Å². The molecule has 1 aromatic rings. The third-order valence-electron chi connectivity index (χ3n) is 4.28. The number of allylic oxidation sites excluding steroid dienone is 2. The summed E-state index contributed by atoms with van der Waals surface area (Å²) in [4.78, 5) is 14.2. The molecule has 0 radical (unpaired) electrons. The van der Waals surface area contributed by atoms with Crippen molar-refractivity contribution in [3.8, 4) is 0 Å². The minimum atomic E-state index is -0.249. The van der Waals surface area contributed by atoms with Crippen LogP contribution in [0.15, 0.2) is 36.4 Å². The van der Waals surface area contributed by atoms with E-state index in [0.29, 0.717) is 18.4 Å². The normalized spacial score (nSPS) is 27.8. The maximum atomic E-state index is 13.1. The van der Waals surface area contributed by atoms with Crippen molar-refractivity contribution >= 4 is 5.91 Å². The van der Waals surface area contributed by atoms with E-state index in [1.165, 1.54) is 12.1 Å². The first kappa shape index (κ1) is 12.4. The molecule has 1 saturated carbocycles. The number of fused-ring (bicyclic) bond motifs is 2. The van der Waals surface area contributed by atoms with Crippen LogP contribution in [-0.2, 0) is 11.3 Å². The summed E-state index contributed by atoms with van der Waals surface area (Å²) in [6, 6.07) is 6.45. The molecule has 0 aromatic heterocycles. The predicted octanol–water partition coefficient (Wildman–Crippen LogP) is 3.00. The number of halogens is 1. The highest BCUT2D eigenvalue weighted by atomic mass is 19.1. The van der Waals surface area contributed by atoms with Crippen molar-refractivity contribution in [1.29, 1.82) is 0 Å².